The molecule has 2 aliphatic heterocycles. The first-order chi connectivity index (χ1) is 7.67. The van der Waals surface area contributed by atoms with E-state index in [2.05, 4.69) is 4.90 Å². The third kappa shape index (κ3) is 2.21. The molecule has 0 saturated carbocycles. The van der Waals surface area contributed by atoms with Crippen LogP contribution in [0.3, 0.4) is 0 Å². The molecule has 0 aromatic rings. The summed E-state index contributed by atoms with van der Waals surface area (Å²) in [5.41, 5.74) is 5.40. The fourth-order valence-electron chi connectivity index (χ4n) is 2.66. The number of amides is 1. The van der Waals surface area contributed by atoms with Crippen molar-refractivity contribution in [2.24, 2.45) is 5.73 Å². The number of rotatable bonds is 3. The van der Waals surface area contributed by atoms with E-state index in [1.807, 2.05) is 6.92 Å². The number of hydrogen-bond donors (Lipinski definition) is 1. The van der Waals surface area contributed by atoms with Gasteiger partial charge in [0.2, 0.25) is 5.91 Å². The molecule has 5 nitrogen and oxygen atoms in total. The van der Waals surface area contributed by atoms with E-state index in [4.69, 9.17) is 15.2 Å². The minimum atomic E-state index is -0.471. The summed E-state index contributed by atoms with van der Waals surface area (Å²) in [4.78, 5) is 13.4. The fourth-order valence-corrected chi connectivity index (χ4v) is 2.66. The van der Waals surface area contributed by atoms with E-state index < -0.39 is 5.79 Å². The van der Waals surface area contributed by atoms with Gasteiger partial charge >= 0.3 is 0 Å². The third-order valence-electron chi connectivity index (χ3n) is 3.42. The van der Waals surface area contributed by atoms with Crippen molar-refractivity contribution in [2.75, 3.05) is 26.3 Å². The molecule has 2 rings (SSSR count). The average molecular weight is 228 g/mol. The monoisotopic (exact) mass is 228 g/mol. The van der Waals surface area contributed by atoms with Crippen LogP contribution in [0, 0.1) is 0 Å². The third-order valence-corrected chi connectivity index (χ3v) is 3.42. The molecule has 2 N–H and O–H groups in total. The lowest BCUT2D eigenvalue weighted by Gasteiger charge is -2.41. The topological polar surface area (TPSA) is 64.8 Å². The minimum absolute atomic E-state index is 0.190. The van der Waals surface area contributed by atoms with Gasteiger partial charge in [0.15, 0.2) is 5.79 Å². The van der Waals surface area contributed by atoms with E-state index >= 15 is 0 Å². The Morgan fingerprint density at radius 1 is 1.50 bits per heavy atom. The van der Waals surface area contributed by atoms with Crippen LogP contribution in [-0.4, -0.2) is 48.9 Å². The van der Waals surface area contributed by atoms with Crippen molar-refractivity contribution in [3.8, 4) is 0 Å². The van der Waals surface area contributed by atoms with Crippen LogP contribution in [0.4, 0.5) is 0 Å². The van der Waals surface area contributed by atoms with E-state index in [0.29, 0.717) is 19.8 Å². The van der Waals surface area contributed by atoms with E-state index in [1.165, 1.54) is 0 Å². The Bertz CT molecular complexity index is 264. The predicted octanol–water partition coefficient (Wildman–Crippen LogP) is 0.0892. The van der Waals surface area contributed by atoms with Gasteiger partial charge in [-0.1, -0.05) is 6.92 Å². The lowest BCUT2D eigenvalue weighted by Crippen LogP contribution is -2.55. The van der Waals surface area contributed by atoms with Gasteiger partial charge in [0.05, 0.1) is 25.8 Å². The highest BCUT2D eigenvalue weighted by atomic mass is 16.7. The lowest BCUT2D eigenvalue weighted by molar-refractivity contribution is -0.194. The van der Waals surface area contributed by atoms with E-state index in [9.17, 15) is 4.79 Å². The highest BCUT2D eigenvalue weighted by molar-refractivity contribution is 5.79. The maximum absolute atomic E-state index is 11.3. The molecule has 2 saturated heterocycles. The average Bonchev–Trinajstić information content (AvgIpc) is 2.67. The molecule has 0 aromatic heterocycles. The second-order valence-electron chi connectivity index (χ2n) is 4.51. The van der Waals surface area contributed by atoms with Crippen molar-refractivity contribution < 1.29 is 14.3 Å². The van der Waals surface area contributed by atoms with Crippen LogP contribution in [0.5, 0.6) is 0 Å². The zero-order valence-corrected chi connectivity index (χ0v) is 9.78. The first-order valence-corrected chi connectivity index (χ1v) is 5.98. The van der Waals surface area contributed by atoms with Crippen LogP contribution in [0.25, 0.3) is 0 Å². The summed E-state index contributed by atoms with van der Waals surface area (Å²) >= 11 is 0. The van der Waals surface area contributed by atoms with Gasteiger partial charge in [0.1, 0.15) is 0 Å². The number of hydrogen-bond acceptors (Lipinski definition) is 4. The summed E-state index contributed by atoms with van der Waals surface area (Å²) in [7, 11) is 0. The fraction of sp³-hybridized carbons (Fsp3) is 0.909. The van der Waals surface area contributed by atoms with Crippen molar-refractivity contribution in [1.29, 1.82) is 0 Å². The van der Waals surface area contributed by atoms with Gasteiger partial charge in [-0.25, -0.2) is 0 Å². The maximum Gasteiger partial charge on any atom is 0.234 e. The van der Waals surface area contributed by atoms with Crippen LogP contribution < -0.4 is 5.73 Å². The number of likely N-dealkylation sites (tertiary alicyclic amines) is 1. The van der Waals surface area contributed by atoms with Crippen LogP contribution in [0.1, 0.15) is 26.2 Å². The standard InChI is InChI=1S/C11H20N2O3/c1-2-9(10(12)14)13-5-3-4-11(8-13)15-6-7-16-11/h9H,2-8H2,1H3,(H2,12,14). The van der Waals surface area contributed by atoms with Gasteiger partial charge < -0.3 is 15.2 Å². The van der Waals surface area contributed by atoms with Crippen molar-refractivity contribution >= 4 is 5.91 Å². The number of carbonyl (C=O) groups excluding carboxylic acids is 1. The summed E-state index contributed by atoms with van der Waals surface area (Å²) < 4.78 is 11.3. The Labute approximate surface area is 95.9 Å². The lowest BCUT2D eigenvalue weighted by atomic mass is 10.0. The smallest absolute Gasteiger partial charge is 0.234 e. The van der Waals surface area contributed by atoms with E-state index in [0.717, 1.165) is 25.8 Å². The Morgan fingerprint density at radius 3 is 2.75 bits per heavy atom. The first kappa shape index (κ1) is 11.8. The largest absolute Gasteiger partial charge is 0.368 e. The summed E-state index contributed by atoms with van der Waals surface area (Å²) in [6.45, 7) is 4.85. The van der Waals surface area contributed by atoms with Crippen molar-refractivity contribution in [3.05, 3.63) is 0 Å². The van der Waals surface area contributed by atoms with Gasteiger partial charge in [-0.15, -0.1) is 0 Å². The molecule has 2 fully saturated rings. The van der Waals surface area contributed by atoms with Crippen molar-refractivity contribution in [2.45, 2.75) is 38.0 Å². The zero-order valence-electron chi connectivity index (χ0n) is 9.78. The molecule has 1 unspecified atom stereocenters. The molecule has 0 radical (unpaired) electrons. The molecular formula is C11H20N2O3. The van der Waals surface area contributed by atoms with Gasteiger partial charge in [-0.3, -0.25) is 9.69 Å². The van der Waals surface area contributed by atoms with Crippen molar-refractivity contribution in [1.82, 2.24) is 4.90 Å². The highest BCUT2D eigenvalue weighted by Gasteiger charge is 2.42. The van der Waals surface area contributed by atoms with Crippen molar-refractivity contribution in [3.63, 3.8) is 0 Å². The van der Waals surface area contributed by atoms with Gasteiger partial charge in [0, 0.05) is 6.42 Å². The molecule has 0 aliphatic carbocycles. The zero-order chi connectivity index (χ0) is 11.6. The van der Waals surface area contributed by atoms with Crippen LogP contribution in [0.2, 0.25) is 0 Å². The number of nitrogens with zero attached hydrogens (tertiary/aromatic N) is 1. The maximum atomic E-state index is 11.3. The Kier molecular flexibility index (Phi) is 3.47. The van der Waals surface area contributed by atoms with Gasteiger partial charge in [0.25, 0.3) is 0 Å². The van der Waals surface area contributed by atoms with Crippen LogP contribution in [-0.2, 0) is 14.3 Å². The van der Waals surface area contributed by atoms with E-state index in [1.54, 1.807) is 0 Å². The molecule has 92 valence electrons. The molecule has 1 amide bonds. The second-order valence-corrected chi connectivity index (χ2v) is 4.51. The summed E-state index contributed by atoms with van der Waals surface area (Å²) in [6, 6.07) is -0.190. The summed E-state index contributed by atoms with van der Waals surface area (Å²) in [6.07, 6.45) is 2.65. The first-order valence-electron chi connectivity index (χ1n) is 5.98. The number of carbonyl (C=O) groups is 1. The summed E-state index contributed by atoms with van der Waals surface area (Å²) in [5.74, 6) is -0.723. The Morgan fingerprint density at radius 2 is 2.19 bits per heavy atom. The second kappa shape index (κ2) is 4.69. The van der Waals surface area contributed by atoms with E-state index in [-0.39, 0.29) is 11.9 Å². The molecule has 0 bridgehead atoms. The van der Waals surface area contributed by atoms with Crippen LogP contribution in [0.15, 0.2) is 0 Å². The highest BCUT2D eigenvalue weighted by Crippen LogP contribution is 2.31. The minimum Gasteiger partial charge on any atom is -0.368 e. The number of primary amides is 1. The molecule has 2 heterocycles. The van der Waals surface area contributed by atoms with Gasteiger partial charge in [-0.05, 0) is 19.4 Å². The number of piperidine rings is 1. The molecule has 0 aromatic carbocycles. The molecule has 1 atom stereocenters. The molecular weight excluding hydrogens is 208 g/mol. The molecule has 16 heavy (non-hydrogen) atoms. The number of nitrogens with two attached hydrogens (primary N) is 1. The normalized spacial score (nSPS) is 27.1. The van der Waals surface area contributed by atoms with Gasteiger partial charge in [-0.2, -0.15) is 0 Å². The molecule has 1 spiro atoms. The summed E-state index contributed by atoms with van der Waals surface area (Å²) in [5, 5.41) is 0. The molecule has 2 aliphatic rings. The SMILES string of the molecule is CCC(C(N)=O)N1CCCC2(C1)OCCO2. The number of ether oxygens (including phenoxy) is 2. The molecule has 5 heteroatoms. The Balaban J connectivity index is 2.03. The van der Waals surface area contributed by atoms with Crippen LogP contribution >= 0.6 is 0 Å². The predicted molar refractivity (Wildman–Crippen MR) is 58.7 cm³/mol. The quantitative estimate of drug-likeness (QED) is 0.743. The Hall–Kier alpha value is -0.650.